The average Bonchev–Trinajstić information content (AvgIpc) is 2.34. The van der Waals surface area contributed by atoms with Crippen LogP contribution < -0.4 is 0 Å². The molecule has 0 atom stereocenters. The maximum absolute atomic E-state index is 4.08. The number of hydrogen-bond acceptors (Lipinski definition) is 1. The Labute approximate surface area is 79.3 Å². The SMILES string of the molecule is Br.BrCCCc1ncc[nH]1. The summed E-state index contributed by atoms with van der Waals surface area (Å²) in [5.41, 5.74) is 0. The fourth-order valence-corrected chi connectivity index (χ4v) is 0.949. The first-order valence-corrected chi connectivity index (χ1v) is 4.10. The predicted octanol–water partition coefficient (Wildman–Crippen LogP) is 2.32. The Morgan fingerprint density at radius 1 is 1.60 bits per heavy atom. The Morgan fingerprint density at radius 3 is 2.90 bits per heavy atom. The van der Waals surface area contributed by atoms with Gasteiger partial charge in [0.15, 0.2) is 0 Å². The number of hydrogen-bond donors (Lipinski definition) is 1. The van der Waals surface area contributed by atoms with Gasteiger partial charge in [-0.15, -0.1) is 17.0 Å². The van der Waals surface area contributed by atoms with Crippen molar-refractivity contribution in [1.29, 1.82) is 0 Å². The van der Waals surface area contributed by atoms with Gasteiger partial charge in [-0.1, -0.05) is 15.9 Å². The molecule has 10 heavy (non-hydrogen) atoms. The van der Waals surface area contributed by atoms with E-state index in [0.29, 0.717) is 0 Å². The van der Waals surface area contributed by atoms with Crippen LogP contribution in [0.1, 0.15) is 12.2 Å². The van der Waals surface area contributed by atoms with E-state index in [9.17, 15) is 0 Å². The number of alkyl halides is 1. The van der Waals surface area contributed by atoms with Crippen molar-refractivity contribution < 1.29 is 0 Å². The van der Waals surface area contributed by atoms with Crippen molar-refractivity contribution in [1.82, 2.24) is 9.97 Å². The van der Waals surface area contributed by atoms with Gasteiger partial charge in [-0.3, -0.25) is 0 Å². The minimum Gasteiger partial charge on any atom is -0.349 e. The lowest BCUT2D eigenvalue weighted by Crippen LogP contribution is -1.87. The number of nitrogens with one attached hydrogen (secondary N) is 1. The smallest absolute Gasteiger partial charge is 0.106 e. The molecule has 0 aliphatic carbocycles. The van der Waals surface area contributed by atoms with Gasteiger partial charge in [0.25, 0.3) is 0 Å². The first-order valence-electron chi connectivity index (χ1n) is 2.97. The number of imidazole rings is 1. The fourth-order valence-electron chi connectivity index (χ4n) is 0.669. The van der Waals surface area contributed by atoms with Crippen molar-refractivity contribution in [3.63, 3.8) is 0 Å². The average molecular weight is 270 g/mol. The molecule has 1 rings (SSSR count). The summed E-state index contributed by atoms with van der Waals surface area (Å²) in [7, 11) is 0. The van der Waals surface area contributed by atoms with Crippen molar-refractivity contribution in [3.05, 3.63) is 18.2 Å². The Balaban J connectivity index is 0.000000810. The summed E-state index contributed by atoms with van der Waals surface area (Å²) in [4.78, 5) is 7.12. The molecule has 4 heteroatoms. The molecule has 0 aliphatic rings. The highest BCUT2D eigenvalue weighted by molar-refractivity contribution is 9.09. The van der Waals surface area contributed by atoms with Gasteiger partial charge in [0, 0.05) is 24.1 Å². The maximum atomic E-state index is 4.08. The summed E-state index contributed by atoms with van der Waals surface area (Å²) in [5.74, 6) is 1.08. The van der Waals surface area contributed by atoms with E-state index in [1.54, 1.807) is 6.20 Å². The van der Waals surface area contributed by atoms with E-state index in [4.69, 9.17) is 0 Å². The van der Waals surface area contributed by atoms with Crippen LogP contribution in [-0.4, -0.2) is 15.3 Å². The second kappa shape index (κ2) is 5.92. The van der Waals surface area contributed by atoms with E-state index in [-0.39, 0.29) is 17.0 Å². The maximum Gasteiger partial charge on any atom is 0.106 e. The second-order valence-corrected chi connectivity index (χ2v) is 2.62. The van der Waals surface area contributed by atoms with Crippen molar-refractivity contribution in [2.45, 2.75) is 12.8 Å². The van der Waals surface area contributed by atoms with E-state index in [2.05, 4.69) is 25.9 Å². The molecule has 0 spiro atoms. The summed E-state index contributed by atoms with van der Waals surface area (Å²) in [6, 6.07) is 0. The van der Waals surface area contributed by atoms with E-state index in [1.807, 2.05) is 6.20 Å². The molecule has 1 aromatic heterocycles. The number of aromatic nitrogens is 2. The first-order chi connectivity index (χ1) is 4.43. The third kappa shape index (κ3) is 3.37. The van der Waals surface area contributed by atoms with Gasteiger partial charge >= 0.3 is 0 Å². The number of aryl methyl sites for hydroxylation is 1. The molecule has 0 bridgehead atoms. The standard InChI is InChI=1S/C6H9BrN2.BrH/c7-3-1-2-6-8-4-5-9-6;/h4-5H,1-3H2,(H,8,9);1H. The highest BCUT2D eigenvalue weighted by Gasteiger charge is 1.90. The highest BCUT2D eigenvalue weighted by atomic mass is 79.9. The number of aromatic amines is 1. The van der Waals surface area contributed by atoms with Gasteiger partial charge in [0.2, 0.25) is 0 Å². The number of rotatable bonds is 3. The largest absolute Gasteiger partial charge is 0.349 e. The van der Waals surface area contributed by atoms with Crippen molar-refractivity contribution >= 4 is 32.9 Å². The van der Waals surface area contributed by atoms with Crippen LogP contribution in [0.15, 0.2) is 12.4 Å². The number of nitrogens with zero attached hydrogens (tertiary/aromatic N) is 1. The highest BCUT2D eigenvalue weighted by Crippen LogP contribution is 1.96. The lowest BCUT2D eigenvalue weighted by atomic mass is 10.3. The lowest BCUT2D eigenvalue weighted by Gasteiger charge is -1.89. The molecule has 0 amide bonds. The molecule has 0 radical (unpaired) electrons. The summed E-state index contributed by atoms with van der Waals surface area (Å²) in [5, 5.41) is 1.05. The lowest BCUT2D eigenvalue weighted by molar-refractivity contribution is 0.869. The predicted molar refractivity (Wildman–Crippen MR) is 51.0 cm³/mol. The molecule has 0 unspecified atom stereocenters. The number of H-pyrrole nitrogens is 1. The van der Waals surface area contributed by atoms with Gasteiger partial charge in [-0.2, -0.15) is 0 Å². The van der Waals surface area contributed by atoms with Crippen LogP contribution in [0.3, 0.4) is 0 Å². The zero-order valence-corrected chi connectivity index (χ0v) is 8.81. The normalized spacial score (nSPS) is 8.90. The third-order valence-electron chi connectivity index (χ3n) is 1.10. The van der Waals surface area contributed by atoms with Gasteiger partial charge < -0.3 is 4.98 Å². The summed E-state index contributed by atoms with van der Waals surface area (Å²) in [6.45, 7) is 0. The van der Waals surface area contributed by atoms with Crippen molar-refractivity contribution in [2.24, 2.45) is 0 Å². The molecule has 0 aromatic carbocycles. The molecule has 0 aliphatic heterocycles. The Hall–Kier alpha value is 0.170. The Morgan fingerprint density at radius 2 is 2.40 bits per heavy atom. The topological polar surface area (TPSA) is 28.7 Å². The monoisotopic (exact) mass is 268 g/mol. The van der Waals surface area contributed by atoms with Gasteiger partial charge in [-0.25, -0.2) is 4.98 Å². The van der Waals surface area contributed by atoms with E-state index >= 15 is 0 Å². The molecule has 0 fully saturated rings. The Bertz CT molecular complexity index is 151. The minimum atomic E-state index is 0. The zero-order valence-electron chi connectivity index (χ0n) is 5.51. The van der Waals surface area contributed by atoms with Crippen LogP contribution >= 0.6 is 32.9 Å². The Kier molecular flexibility index (Phi) is 6.02. The molecule has 1 heterocycles. The molecule has 0 saturated heterocycles. The van der Waals surface area contributed by atoms with Gasteiger partial charge in [0.1, 0.15) is 5.82 Å². The van der Waals surface area contributed by atoms with Crippen molar-refractivity contribution in [3.8, 4) is 0 Å². The van der Waals surface area contributed by atoms with Crippen LogP contribution in [0.4, 0.5) is 0 Å². The van der Waals surface area contributed by atoms with Crippen LogP contribution in [0.2, 0.25) is 0 Å². The fraction of sp³-hybridized carbons (Fsp3) is 0.500. The molecule has 1 aromatic rings. The van der Waals surface area contributed by atoms with Crippen LogP contribution in [0.5, 0.6) is 0 Å². The van der Waals surface area contributed by atoms with Crippen LogP contribution in [-0.2, 0) is 6.42 Å². The summed E-state index contributed by atoms with van der Waals surface area (Å²) >= 11 is 3.35. The minimum absolute atomic E-state index is 0. The molecule has 1 N–H and O–H groups in total. The van der Waals surface area contributed by atoms with Crippen molar-refractivity contribution in [2.75, 3.05) is 5.33 Å². The molecule has 2 nitrogen and oxygen atoms in total. The van der Waals surface area contributed by atoms with E-state index in [0.717, 1.165) is 24.0 Å². The zero-order chi connectivity index (χ0) is 6.53. The van der Waals surface area contributed by atoms with Gasteiger partial charge in [0.05, 0.1) is 0 Å². The number of halogens is 2. The summed E-state index contributed by atoms with van der Waals surface area (Å²) in [6.07, 6.45) is 5.82. The first kappa shape index (κ1) is 10.2. The van der Waals surface area contributed by atoms with E-state index in [1.165, 1.54) is 0 Å². The second-order valence-electron chi connectivity index (χ2n) is 1.83. The van der Waals surface area contributed by atoms with Gasteiger partial charge in [-0.05, 0) is 6.42 Å². The third-order valence-corrected chi connectivity index (χ3v) is 1.66. The molecule has 58 valence electrons. The summed E-state index contributed by atoms with van der Waals surface area (Å²) < 4.78 is 0. The van der Waals surface area contributed by atoms with Crippen LogP contribution in [0.25, 0.3) is 0 Å². The van der Waals surface area contributed by atoms with E-state index < -0.39 is 0 Å². The van der Waals surface area contributed by atoms with Crippen LogP contribution in [0, 0.1) is 0 Å². The molecular formula is C6H10Br2N2. The molecule has 0 saturated carbocycles. The quantitative estimate of drug-likeness (QED) is 0.839. The molecular weight excluding hydrogens is 260 g/mol.